The Bertz CT molecular complexity index is 270. The predicted octanol–water partition coefficient (Wildman–Crippen LogP) is 3.03. The summed E-state index contributed by atoms with van der Waals surface area (Å²) < 4.78 is 0. The fourth-order valence-electron chi connectivity index (χ4n) is 0.802. The summed E-state index contributed by atoms with van der Waals surface area (Å²) in [6.07, 6.45) is 0. The first-order valence-corrected chi connectivity index (χ1v) is 6.03. The van der Waals surface area contributed by atoms with E-state index in [1.165, 1.54) is 0 Å². The molecular weight excluding hydrogens is 198 g/mol. The summed E-state index contributed by atoms with van der Waals surface area (Å²) in [5.74, 6) is 2.18. The van der Waals surface area contributed by atoms with Crippen LogP contribution < -0.4 is 0 Å². The molecule has 0 spiro atoms. The Kier molecular flexibility index (Phi) is 5.17. The smallest absolute Gasteiger partial charge is 0.0987 e. The third-order valence-corrected chi connectivity index (χ3v) is 5.04. The molecule has 0 fully saturated rings. The van der Waals surface area contributed by atoms with Gasteiger partial charge in [-0.3, -0.25) is 0 Å². The van der Waals surface area contributed by atoms with Crippen LogP contribution in [0.1, 0.15) is 20.8 Å². The third kappa shape index (κ3) is 4.38. The van der Waals surface area contributed by atoms with Crippen molar-refractivity contribution in [2.24, 2.45) is 0 Å². The van der Waals surface area contributed by atoms with Crippen LogP contribution in [0.4, 0.5) is 0 Å². The largest absolute Gasteiger partial charge is 0.194 e. The van der Waals surface area contributed by atoms with Crippen LogP contribution in [0.2, 0.25) is 0 Å². The SMILES string of the molecule is C=C(C#N)PC(C)(C)C(C)PC#N. The third-order valence-electron chi connectivity index (χ3n) is 1.97. The zero-order valence-electron chi connectivity index (χ0n) is 8.18. The summed E-state index contributed by atoms with van der Waals surface area (Å²) in [4.78, 5) is 0. The highest BCUT2D eigenvalue weighted by atomic mass is 31.1. The van der Waals surface area contributed by atoms with Gasteiger partial charge in [-0.15, -0.1) is 0 Å². The average molecular weight is 212 g/mol. The summed E-state index contributed by atoms with van der Waals surface area (Å²) in [6.45, 7) is 9.90. The minimum Gasteiger partial charge on any atom is -0.194 e. The van der Waals surface area contributed by atoms with Crippen molar-refractivity contribution >= 4 is 17.2 Å². The average Bonchev–Trinajstić information content (AvgIpc) is 2.04. The number of rotatable bonds is 4. The predicted molar refractivity (Wildman–Crippen MR) is 60.5 cm³/mol. The molecule has 0 rings (SSSR count). The highest BCUT2D eigenvalue weighted by molar-refractivity contribution is 7.49. The molecule has 0 heterocycles. The molecule has 3 unspecified atom stereocenters. The van der Waals surface area contributed by atoms with Gasteiger partial charge in [0.05, 0.1) is 11.9 Å². The lowest BCUT2D eigenvalue weighted by molar-refractivity contribution is 0.694. The molecule has 70 valence electrons. The van der Waals surface area contributed by atoms with E-state index >= 15 is 0 Å². The quantitative estimate of drug-likeness (QED) is 0.531. The van der Waals surface area contributed by atoms with E-state index in [9.17, 15) is 0 Å². The Morgan fingerprint density at radius 1 is 1.46 bits per heavy atom. The minimum absolute atomic E-state index is 0.0288. The molecule has 0 radical (unpaired) electrons. The van der Waals surface area contributed by atoms with Gasteiger partial charge < -0.3 is 0 Å². The van der Waals surface area contributed by atoms with Crippen molar-refractivity contribution in [2.75, 3.05) is 0 Å². The van der Waals surface area contributed by atoms with Gasteiger partial charge >= 0.3 is 0 Å². The molecule has 2 nitrogen and oxygen atoms in total. The Balaban J connectivity index is 4.33. The Morgan fingerprint density at radius 2 is 2.00 bits per heavy atom. The van der Waals surface area contributed by atoms with Crippen molar-refractivity contribution in [1.29, 1.82) is 10.5 Å². The van der Waals surface area contributed by atoms with Crippen molar-refractivity contribution in [3.05, 3.63) is 11.9 Å². The summed E-state index contributed by atoms with van der Waals surface area (Å²) in [7, 11) is 0.726. The number of hydrogen-bond donors (Lipinski definition) is 0. The van der Waals surface area contributed by atoms with Gasteiger partial charge in [-0.2, -0.15) is 10.5 Å². The molecule has 0 saturated carbocycles. The van der Waals surface area contributed by atoms with Gasteiger partial charge in [0.2, 0.25) is 0 Å². The van der Waals surface area contributed by atoms with E-state index < -0.39 is 0 Å². The van der Waals surface area contributed by atoms with E-state index in [4.69, 9.17) is 10.5 Å². The van der Waals surface area contributed by atoms with Gasteiger partial charge in [0, 0.05) is 5.31 Å². The van der Waals surface area contributed by atoms with E-state index in [1.54, 1.807) is 0 Å². The number of hydrogen-bond acceptors (Lipinski definition) is 2. The maximum absolute atomic E-state index is 8.60. The minimum atomic E-state index is 0.0288. The van der Waals surface area contributed by atoms with Crippen molar-refractivity contribution in [3.8, 4) is 11.9 Å². The van der Waals surface area contributed by atoms with E-state index in [2.05, 4.69) is 39.2 Å². The van der Waals surface area contributed by atoms with Crippen LogP contribution in [0, 0.1) is 22.4 Å². The first-order valence-electron chi connectivity index (χ1n) is 3.96. The second-order valence-corrected chi connectivity index (χ2v) is 6.94. The molecule has 0 amide bonds. The second kappa shape index (κ2) is 5.34. The topological polar surface area (TPSA) is 47.6 Å². The van der Waals surface area contributed by atoms with E-state index in [1.807, 2.05) is 0 Å². The standard InChI is InChI=1S/C9H14N2P2/c1-7(5-10)13-9(3,4)8(2)12-6-11/h8,12-13H,1H2,2-4H3. The van der Waals surface area contributed by atoms with E-state index in [0.29, 0.717) is 28.1 Å². The Labute approximate surface area is 83.6 Å². The van der Waals surface area contributed by atoms with E-state index in [0.717, 1.165) is 0 Å². The van der Waals surface area contributed by atoms with Crippen LogP contribution in [-0.4, -0.2) is 10.8 Å². The van der Waals surface area contributed by atoms with Crippen LogP contribution in [0.3, 0.4) is 0 Å². The molecule has 0 aliphatic rings. The lowest BCUT2D eigenvalue weighted by atomic mass is 10.1. The zero-order chi connectivity index (χ0) is 10.5. The van der Waals surface area contributed by atoms with Crippen molar-refractivity contribution < 1.29 is 0 Å². The Morgan fingerprint density at radius 3 is 2.38 bits per heavy atom. The molecule has 0 aliphatic heterocycles. The van der Waals surface area contributed by atoms with Crippen molar-refractivity contribution in [2.45, 2.75) is 31.6 Å². The lowest BCUT2D eigenvalue weighted by Gasteiger charge is -2.29. The molecule has 0 N–H and O–H groups in total. The number of nitrogens with zero attached hydrogens (tertiary/aromatic N) is 2. The lowest BCUT2D eigenvalue weighted by Crippen LogP contribution is -2.24. The maximum atomic E-state index is 8.60. The molecular formula is C9H14N2P2. The number of allylic oxidation sites excluding steroid dienone is 1. The molecule has 0 aliphatic carbocycles. The second-order valence-electron chi connectivity index (χ2n) is 3.41. The maximum Gasteiger partial charge on any atom is 0.0987 e. The highest BCUT2D eigenvalue weighted by Crippen LogP contribution is 2.45. The highest BCUT2D eigenvalue weighted by Gasteiger charge is 2.26. The zero-order valence-corrected chi connectivity index (χ0v) is 10.2. The number of nitriles is 2. The van der Waals surface area contributed by atoms with Gasteiger partial charge in [-0.1, -0.05) is 35.9 Å². The molecule has 13 heavy (non-hydrogen) atoms. The summed E-state index contributed by atoms with van der Waals surface area (Å²) in [5, 5.41) is 17.8. The molecule has 0 aromatic rings. The van der Waals surface area contributed by atoms with Crippen molar-refractivity contribution in [3.63, 3.8) is 0 Å². The van der Waals surface area contributed by atoms with Crippen LogP contribution in [0.25, 0.3) is 0 Å². The summed E-state index contributed by atoms with van der Waals surface area (Å²) >= 11 is 0. The molecule has 3 atom stereocenters. The first kappa shape index (κ1) is 12.6. The van der Waals surface area contributed by atoms with Crippen LogP contribution in [-0.2, 0) is 0 Å². The fraction of sp³-hybridized carbons (Fsp3) is 0.556. The normalized spacial score (nSPS) is 14.5. The molecule has 0 aromatic carbocycles. The van der Waals surface area contributed by atoms with Crippen molar-refractivity contribution in [1.82, 2.24) is 0 Å². The van der Waals surface area contributed by atoms with Crippen LogP contribution in [0.5, 0.6) is 0 Å². The van der Waals surface area contributed by atoms with Gasteiger partial charge in [0.25, 0.3) is 0 Å². The summed E-state index contributed by atoms with van der Waals surface area (Å²) in [5.41, 5.74) is 0.334. The molecule has 0 bridgehead atoms. The first-order chi connectivity index (χ1) is 5.94. The van der Waals surface area contributed by atoms with Crippen LogP contribution in [0.15, 0.2) is 11.9 Å². The van der Waals surface area contributed by atoms with Gasteiger partial charge in [0.15, 0.2) is 0 Å². The monoisotopic (exact) mass is 212 g/mol. The molecule has 4 heteroatoms. The van der Waals surface area contributed by atoms with Gasteiger partial charge in [-0.25, -0.2) is 0 Å². The summed E-state index contributed by atoms with van der Waals surface area (Å²) in [6, 6.07) is 2.06. The molecule has 0 aromatic heterocycles. The Hall–Kier alpha value is -0.420. The van der Waals surface area contributed by atoms with Gasteiger partial charge in [-0.05, 0) is 19.4 Å². The fourth-order valence-corrected chi connectivity index (χ4v) is 2.84. The van der Waals surface area contributed by atoms with Gasteiger partial charge in [0.1, 0.15) is 0 Å². The van der Waals surface area contributed by atoms with E-state index in [-0.39, 0.29) is 5.16 Å². The molecule has 0 saturated heterocycles. The van der Waals surface area contributed by atoms with Crippen LogP contribution >= 0.6 is 17.2 Å².